The van der Waals surface area contributed by atoms with Crippen LogP contribution in [0.4, 0.5) is 0 Å². The third kappa shape index (κ3) is 4.26. The Morgan fingerprint density at radius 2 is 1.80 bits per heavy atom. The number of carbonyl (C=O) groups excluding carboxylic acids is 2. The second-order valence-corrected chi connectivity index (χ2v) is 4.85. The molecule has 1 atom stereocenters. The van der Waals surface area contributed by atoms with Crippen molar-refractivity contribution >= 4 is 11.7 Å². The molecule has 0 saturated carbocycles. The van der Waals surface area contributed by atoms with E-state index in [1.807, 2.05) is 13.8 Å². The van der Waals surface area contributed by atoms with Gasteiger partial charge in [-0.05, 0) is 45.9 Å². The quantitative estimate of drug-likeness (QED) is 0.811. The van der Waals surface area contributed by atoms with Crippen LogP contribution in [0.15, 0.2) is 18.2 Å². The van der Waals surface area contributed by atoms with Crippen molar-refractivity contribution in [1.29, 1.82) is 0 Å². The molecule has 110 valence electrons. The topological polar surface area (TPSA) is 64.6 Å². The molecule has 1 aromatic carbocycles. The molecule has 0 aromatic heterocycles. The molecular weight excluding hydrogens is 258 g/mol. The predicted octanol–water partition coefficient (Wildman–Crippen LogP) is 2.19. The number of rotatable bonds is 6. The molecular formula is C15H21NO4. The van der Waals surface area contributed by atoms with Crippen molar-refractivity contribution in [2.75, 3.05) is 7.11 Å². The molecule has 0 saturated heterocycles. The minimum Gasteiger partial charge on any atom is -0.493 e. The fourth-order valence-electron chi connectivity index (χ4n) is 1.63. The molecule has 1 amide bonds. The molecule has 0 spiro atoms. The van der Waals surface area contributed by atoms with Crippen molar-refractivity contribution in [2.45, 2.75) is 39.8 Å². The maximum absolute atomic E-state index is 11.8. The van der Waals surface area contributed by atoms with E-state index in [9.17, 15) is 9.59 Å². The van der Waals surface area contributed by atoms with Crippen molar-refractivity contribution in [2.24, 2.45) is 0 Å². The molecule has 1 rings (SSSR count). The zero-order valence-electron chi connectivity index (χ0n) is 12.5. The van der Waals surface area contributed by atoms with Gasteiger partial charge >= 0.3 is 0 Å². The highest BCUT2D eigenvalue weighted by Crippen LogP contribution is 2.29. The average molecular weight is 279 g/mol. The molecule has 0 bridgehead atoms. The summed E-state index contributed by atoms with van der Waals surface area (Å²) in [6.45, 7) is 6.91. The Hall–Kier alpha value is -2.04. The van der Waals surface area contributed by atoms with Gasteiger partial charge in [-0.1, -0.05) is 0 Å². The fourth-order valence-corrected chi connectivity index (χ4v) is 1.63. The van der Waals surface area contributed by atoms with Crippen molar-refractivity contribution in [3.8, 4) is 11.5 Å². The smallest absolute Gasteiger partial charge is 0.260 e. The van der Waals surface area contributed by atoms with Gasteiger partial charge < -0.3 is 14.8 Å². The summed E-state index contributed by atoms with van der Waals surface area (Å²) in [5.41, 5.74) is 0.536. The molecule has 20 heavy (non-hydrogen) atoms. The van der Waals surface area contributed by atoms with Gasteiger partial charge in [-0.3, -0.25) is 9.59 Å². The molecule has 0 fully saturated rings. The number of nitrogens with one attached hydrogen (secondary N) is 1. The van der Waals surface area contributed by atoms with Crippen LogP contribution in [0.1, 0.15) is 38.1 Å². The van der Waals surface area contributed by atoms with E-state index in [1.54, 1.807) is 25.1 Å². The molecule has 5 nitrogen and oxygen atoms in total. The molecule has 1 N–H and O–H groups in total. The van der Waals surface area contributed by atoms with Crippen molar-refractivity contribution in [1.82, 2.24) is 5.32 Å². The van der Waals surface area contributed by atoms with E-state index in [4.69, 9.17) is 9.47 Å². The first-order chi connectivity index (χ1) is 9.35. The summed E-state index contributed by atoms with van der Waals surface area (Å²) in [6.07, 6.45) is -0.644. The SMILES string of the molecule is COc1cc(C(C)=O)ccc1OC(C)C(=O)NC(C)C. The van der Waals surface area contributed by atoms with Crippen molar-refractivity contribution in [3.05, 3.63) is 23.8 Å². The number of carbonyl (C=O) groups is 2. The van der Waals surface area contributed by atoms with Gasteiger partial charge in [0.2, 0.25) is 0 Å². The van der Waals surface area contributed by atoms with E-state index in [2.05, 4.69) is 5.32 Å². The van der Waals surface area contributed by atoms with Crippen LogP contribution >= 0.6 is 0 Å². The molecule has 1 unspecified atom stereocenters. The molecule has 0 aliphatic rings. The number of hydrogen-bond donors (Lipinski definition) is 1. The number of hydrogen-bond acceptors (Lipinski definition) is 4. The Balaban J connectivity index is 2.86. The average Bonchev–Trinajstić information content (AvgIpc) is 2.37. The van der Waals surface area contributed by atoms with Gasteiger partial charge in [0.1, 0.15) is 0 Å². The van der Waals surface area contributed by atoms with Crippen LogP contribution in [0.3, 0.4) is 0 Å². The molecule has 0 aliphatic heterocycles. The number of ether oxygens (including phenoxy) is 2. The van der Waals surface area contributed by atoms with Crippen LogP contribution in [-0.2, 0) is 4.79 Å². The summed E-state index contributed by atoms with van der Waals surface area (Å²) in [6, 6.07) is 4.93. The lowest BCUT2D eigenvalue weighted by Gasteiger charge is -2.18. The minimum absolute atomic E-state index is 0.0514. The Morgan fingerprint density at radius 1 is 1.15 bits per heavy atom. The Labute approximate surface area is 119 Å². The Bertz CT molecular complexity index is 497. The fraction of sp³-hybridized carbons (Fsp3) is 0.467. The third-order valence-electron chi connectivity index (χ3n) is 2.67. The summed E-state index contributed by atoms with van der Waals surface area (Å²) in [7, 11) is 1.49. The highest BCUT2D eigenvalue weighted by molar-refractivity contribution is 5.94. The summed E-state index contributed by atoms with van der Waals surface area (Å²) >= 11 is 0. The van der Waals surface area contributed by atoms with Crippen molar-refractivity contribution < 1.29 is 19.1 Å². The highest BCUT2D eigenvalue weighted by Gasteiger charge is 2.18. The van der Waals surface area contributed by atoms with E-state index in [0.29, 0.717) is 17.1 Å². The molecule has 0 radical (unpaired) electrons. The van der Waals surface area contributed by atoms with Crippen LogP contribution in [0.25, 0.3) is 0 Å². The van der Waals surface area contributed by atoms with Gasteiger partial charge in [0.15, 0.2) is 23.4 Å². The van der Waals surface area contributed by atoms with E-state index in [1.165, 1.54) is 14.0 Å². The Kier molecular flexibility index (Phi) is 5.55. The zero-order valence-corrected chi connectivity index (χ0v) is 12.5. The predicted molar refractivity (Wildman–Crippen MR) is 76.4 cm³/mol. The van der Waals surface area contributed by atoms with Gasteiger partial charge in [-0.2, -0.15) is 0 Å². The summed E-state index contributed by atoms with van der Waals surface area (Å²) in [5.74, 6) is 0.615. The number of ketones is 1. The van der Waals surface area contributed by atoms with Crippen LogP contribution in [0, 0.1) is 0 Å². The van der Waals surface area contributed by atoms with Crippen LogP contribution in [-0.4, -0.2) is 30.9 Å². The lowest BCUT2D eigenvalue weighted by molar-refractivity contribution is -0.127. The van der Waals surface area contributed by atoms with Gasteiger partial charge in [0, 0.05) is 11.6 Å². The first-order valence-corrected chi connectivity index (χ1v) is 6.51. The van der Waals surface area contributed by atoms with Crippen molar-refractivity contribution in [3.63, 3.8) is 0 Å². The van der Waals surface area contributed by atoms with Gasteiger partial charge in [0.25, 0.3) is 5.91 Å². The van der Waals surface area contributed by atoms with E-state index in [-0.39, 0.29) is 17.7 Å². The van der Waals surface area contributed by atoms with Gasteiger partial charge in [-0.25, -0.2) is 0 Å². The second kappa shape index (κ2) is 6.93. The molecule has 0 heterocycles. The van der Waals surface area contributed by atoms with Gasteiger partial charge in [-0.15, -0.1) is 0 Å². The molecule has 1 aromatic rings. The number of benzene rings is 1. The first-order valence-electron chi connectivity index (χ1n) is 6.51. The second-order valence-electron chi connectivity index (χ2n) is 4.85. The maximum atomic E-state index is 11.8. The highest BCUT2D eigenvalue weighted by atomic mass is 16.5. The van der Waals surface area contributed by atoms with E-state index < -0.39 is 6.10 Å². The zero-order chi connectivity index (χ0) is 15.3. The standard InChI is InChI=1S/C15H21NO4/c1-9(2)16-15(18)11(4)20-13-7-6-12(10(3)17)8-14(13)19-5/h6-9,11H,1-5H3,(H,16,18). The van der Waals surface area contributed by atoms with E-state index in [0.717, 1.165) is 0 Å². The summed E-state index contributed by atoms with van der Waals surface area (Å²) < 4.78 is 10.8. The lowest BCUT2D eigenvalue weighted by Crippen LogP contribution is -2.40. The monoisotopic (exact) mass is 279 g/mol. The normalized spacial score (nSPS) is 11.9. The largest absolute Gasteiger partial charge is 0.493 e. The first kappa shape index (κ1) is 16.0. The van der Waals surface area contributed by atoms with Gasteiger partial charge in [0.05, 0.1) is 7.11 Å². The molecule has 5 heteroatoms. The number of amides is 1. The summed E-state index contributed by atoms with van der Waals surface area (Å²) in [4.78, 5) is 23.1. The maximum Gasteiger partial charge on any atom is 0.260 e. The van der Waals surface area contributed by atoms with Crippen LogP contribution < -0.4 is 14.8 Å². The van der Waals surface area contributed by atoms with E-state index >= 15 is 0 Å². The van der Waals surface area contributed by atoms with Crippen LogP contribution in [0.2, 0.25) is 0 Å². The van der Waals surface area contributed by atoms with Crippen LogP contribution in [0.5, 0.6) is 11.5 Å². The molecule has 0 aliphatic carbocycles. The number of Topliss-reactive ketones (excluding diaryl/α,β-unsaturated/α-hetero) is 1. The summed E-state index contributed by atoms with van der Waals surface area (Å²) in [5, 5.41) is 2.77. The third-order valence-corrected chi connectivity index (χ3v) is 2.67. The Morgan fingerprint density at radius 3 is 2.30 bits per heavy atom. The number of methoxy groups -OCH3 is 1. The lowest BCUT2D eigenvalue weighted by atomic mass is 10.1. The minimum atomic E-state index is -0.644.